The van der Waals surface area contributed by atoms with Crippen LogP contribution in [0.4, 0.5) is 8.78 Å². The Morgan fingerprint density at radius 1 is 1.40 bits per heavy atom. The van der Waals surface area contributed by atoms with Gasteiger partial charge >= 0.3 is 0 Å². The van der Waals surface area contributed by atoms with Crippen molar-refractivity contribution in [2.24, 2.45) is 5.73 Å². The largest absolute Gasteiger partial charge is 0.487 e. The van der Waals surface area contributed by atoms with Crippen LogP contribution in [0.25, 0.3) is 0 Å². The van der Waals surface area contributed by atoms with Crippen molar-refractivity contribution in [1.82, 2.24) is 0 Å². The van der Waals surface area contributed by atoms with E-state index in [0.717, 1.165) is 11.1 Å². The lowest BCUT2D eigenvalue weighted by Gasteiger charge is -2.11. The van der Waals surface area contributed by atoms with E-state index in [-0.39, 0.29) is 6.04 Å². The van der Waals surface area contributed by atoms with Crippen molar-refractivity contribution in [3.63, 3.8) is 0 Å². The van der Waals surface area contributed by atoms with Gasteiger partial charge in [-0.15, -0.1) is 0 Å². The van der Waals surface area contributed by atoms with E-state index in [1.165, 1.54) is 0 Å². The molecule has 1 atom stereocenters. The average Bonchev–Trinajstić information content (AvgIpc) is 2.15. The van der Waals surface area contributed by atoms with Crippen molar-refractivity contribution in [3.05, 3.63) is 29.3 Å². The van der Waals surface area contributed by atoms with Crippen LogP contribution < -0.4 is 10.5 Å². The minimum absolute atomic E-state index is 0.0622. The summed E-state index contributed by atoms with van der Waals surface area (Å²) < 4.78 is 28.8. The highest BCUT2D eigenvalue weighted by Gasteiger charge is 2.07. The van der Waals surface area contributed by atoms with Gasteiger partial charge in [-0.1, -0.05) is 12.1 Å². The summed E-state index contributed by atoms with van der Waals surface area (Å²) in [6.07, 6.45) is -2.45. The third kappa shape index (κ3) is 3.47. The Bertz CT molecular complexity index is 326. The molecule has 15 heavy (non-hydrogen) atoms. The monoisotopic (exact) mass is 215 g/mol. The average molecular weight is 215 g/mol. The number of rotatable bonds is 4. The third-order valence-electron chi connectivity index (χ3n) is 2.09. The van der Waals surface area contributed by atoms with Crippen LogP contribution in [0.2, 0.25) is 0 Å². The Hall–Kier alpha value is -1.16. The van der Waals surface area contributed by atoms with Crippen LogP contribution in [-0.2, 0) is 0 Å². The van der Waals surface area contributed by atoms with Gasteiger partial charge in [-0.25, -0.2) is 8.78 Å². The van der Waals surface area contributed by atoms with Crippen molar-refractivity contribution < 1.29 is 13.5 Å². The molecule has 2 nitrogen and oxygen atoms in total. The van der Waals surface area contributed by atoms with Crippen LogP contribution in [0.5, 0.6) is 5.75 Å². The molecule has 0 unspecified atom stereocenters. The van der Waals surface area contributed by atoms with Crippen LogP contribution in [-0.4, -0.2) is 13.0 Å². The number of ether oxygens (including phenoxy) is 1. The zero-order chi connectivity index (χ0) is 11.4. The molecule has 0 saturated heterocycles. The predicted octanol–water partition coefficient (Wildman–Crippen LogP) is 2.66. The number of hydrogen-bond donors (Lipinski definition) is 1. The van der Waals surface area contributed by atoms with Gasteiger partial charge in [0.15, 0.2) is 0 Å². The summed E-state index contributed by atoms with van der Waals surface area (Å²) in [7, 11) is 0. The summed E-state index contributed by atoms with van der Waals surface area (Å²) in [5.74, 6) is 0.486. The highest BCUT2D eigenvalue weighted by molar-refractivity contribution is 5.37. The smallest absolute Gasteiger partial charge is 0.272 e. The topological polar surface area (TPSA) is 35.2 Å². The van der Waals surface area contributed by atoms with Gasteiger partial charge in [0.05, 0.1) is 0 Å². The number of aryl methyl sites for hydroxylation is 1. The molecule has 0 spiro atoms. The summed E-state index contributed by atoms with van der Waals surface area (Å²) in [6, 6.07) is 5.26. The number of benzene rings is 1. The van der Waals surface area contributed by atoms with Crippen molar-refractivity contribution in [3.8, 4) is 5.75 Å². The van der Waals surface area contributed by atoms with Gasteiger partial charge in [0.25, 0.3) is 6.43 Å². The molecule has 0 radical (unpaired) electrons. The van der Waals surface area contributed by atoms with Crippen molar-refractivity contribution >= 4 is 0 Å². The van der Waals surface area contributed by atoms with E-state index < -0.39 is 13.0 Å². The Labute approximate surface area is 88.0 Å². The highest BCUT2D eigenvalue weighted by atomic mass is 19.3. The van der Waals surface area contributed by atoms with Crippen LogP contribution in [0.1, 0.15) is 24.1 Å². The predicted molar refractivity (Wildman–Crippen MR) is 55.3 cm³/mol. The molecule has 0 heterocycles. The van der Waals surface area contributed by atoms with Crippen molar-refractivity contribution in [2.45, 2.75) is 26.3 Å². The maximum atomic E-state index is 11.9. The number of nitrogens with two attached hydrogens (primary N) is 1. The number of alkyl halides is 2. The number of halogens is 2. The lowest BCUT2D eigenvalue weighted by atomic mass is 10.1. The van der Waals surface area contributed by atoms with E-state index in [2.05, 4.69) is 0 Å². The van der Waals surface area contributed by atoms with Gasteiger partial charge in [-0.05, 0) is 31.0 Å². The molecule has 0 bridgehead atoms. The zero-order valence-corrected chi connectivity index (χ0v) is 8.84. The molecule has 0 aliphatic carbocycles. The first-order valence-corrected chi connectivity index (χ1v) is 4.77. The SMILES string of the molecule is Cc1cc([C@@H](C)N)ccc1OCC(F)F. The molecule has 0 aromatic heterocycles. The zero-order valence-electron chi connectivity index (χ0n) is 8.84. The Morgan fingerprint density at radius 3 is 2.53 bits per heavy atom. The molecule has 1 aromatic rings. The Kier molecular flexibility index (Phi) is 4.03. The van der Waals surface area contributed by atoms with Gasteiger partial charge in [0, 0.05) is 6.04 Å². The van der Waals surface area contributed by atoms with Gasteiger partial charge in [-0.3, -0.25) is 0 Å². The van der Waals surface area contributed by atoms with Gasteiger partial charge in [0.2, 0.25) is 0 Å². The summed E-state index contributed by atoms with van der Waals surface area (Å²) in [5, 5.41) is 0. The van der Waals surface area contributed by atoms with Gasteiger partial charge in [-0.2, -0.15) is 0 Å². The Morgan fingerprint density at radius 2 is 2.07 bits per heavy atom. The lowest BCUT2D eigenvalue weighted by molar-refractivity contribution is 0.0815. The molecule has 2 N–H and O–H groups in total. The maximum Gasteiger partial charge on any atom is 0.272 e. The van der Waals surface area contributed by atoms with Gasteiger partial charge < -0.3 is 10.5 Å². The van der Waals surface area contributed by atoms with Crippen LogP contribution in [0.15, 0.2) is 18.2 Å². The summed E-state index contributed by atoms with van der Waals surface area (Å²) >= 11 is 0. The van der Waals surface area contributed by atoms with E-state index >= 15 is 0 Å². The van der Waals surface area contributed by atoms with Crippen LogP contribution in [0.3, 0.4) is 0 Å². The highest BCUT2D eigenvalue weighted by Crippen LogP contribution is 2.22. The van der Waals surface area contributed by atoms with E-state index in [1.807, 2.05) is 19.9 Å². The first-order valence-electron chi connectivity index (χ1n) is 4.77. The quantitative estimate of drug-likeness (QED) is 0.838. The molecule has 1 aromatic carbocycles. The molecule has 4 heteroatoms. The molecule has 84 valence electrons. The molecule has 0 saturated carbocycles. The van der Waals surface area contributed by atoms with E-state index in [4.69, 9.17) is 10.5 Å². The molecule has 1 rings (SSSR count). The molecule has 0 aliphatic heterocycles. The minimum atomic E-state index is -2.45. The fourth-order valence-electron chi connectivity index (χ4n) is 1.27. The second-order valence-corrected chi connectivity index (χ2v) is 3.52. The first kappa shape index (κ1) is 11.9. The second kappa shape index (κ2) is 5.07. The molecule has 0 amide bonds. The van der Waals surface area contributed by atoms with Crippen molar-refractivity contribution in [2.75, 3.05) is 6.61 Å². The molecule has 0 aliphatic rings. The van der Waals surface area contributed by atoms with E-state index in [1.54, 1.807) is 12.1 Å². The first-order chi connectivity index (χ1) is 7.00. The normalized spacial score (nSPS) is 12.9. The molecule has 0 fully saturated rings. The van der Waals surface area contributed by atoms with E-state index in [0.29, 0.717) is 5.75 Å². The van der Waals surface area contributed by atoms with Crippen LogP contribution in [0, 0.1) is 6.92 Å². The minimum Gasteiger partial charge on any atom is -0.487 e. The molecular weight excluding hydrogens is 200 g/mol. The second-order valence-electron chi connectivity index (χ2n) is 3.52. The number of hydrogen-bond acceptors (Lipinski definition) is 2. The van der Waals surface area contributed by atoms with Gasteiger partial charge in [0.1, 0.15) is 12.4 Å². The lowest BCUT2D eigenvalue weighted by Crippen LogP contribution is -2.09. The van der Waals surface area contributed by atoms with Crippen molar-refractivity contribution in [1.29, 1.82) is 0 Å². The standard InChI is InChI=1S/C11H15F2NO/c1-7-5-9(8(2)14)3-4-10(7)15-6-11(12)13/h3-5,8,11H,6,14H2,1-2H3/t8-/m1/s1. The summed E-state index contributed by atoms with van der Waals surface area (Å²) in [4.78, 5) is 0. The van der Waals surface area contributed by atoms with E-state index in [9.17, 15) is 8.78 Å². The molecular formula is C11H15F2NO. The van der Waals surface area contributed by atoms with Crippen LogP contribution >= 0.6 is 0 Å². The maximum absolute atomic E-state index is 11.9. The third-order valence-corrected chi connectivity index (χ3v) is 2.09. The fourth-order valence-corrected chi connectivity index (χ4v) is 1.27. The fraction of sp³-hybridized carbons (Fsp3) is 0.455. The summed E-state index contributed by atoms with van der Waals surface area (Å²) in [5.41, 5.74) is 7.49. The summed E-state index contributed by atoms with van der Waals surface area (Å²) in [6.45, 7) is 3.11. The Balaban J connectivity index is 2.75.